The zero-order valence-electron chi connectivity index (χ0n) is 6.04. The minimum absolute atomic E-state index is 0.0938. The molecule has 2 heteroatoms. The molecule has 54 valence electrons. The van der Waals surface area contributed by atoms with Gasteiger partial charge in [0.05, 0.1) is 0 Å². The van der Waals surface area contributed by atoms with Gasteiger partial charge in [-0.2, -0.15) is 0 Å². The van der Waals surface area contributed by atoms with Gasteiger partial charge in [0.1, 0.15) is 0 Å². The van der Waals surface area contributed by atoms with E-state index in [-0.39, 0.29) is 17.8 Å². The lowest BCUT2D eigenvalue weighted by Gasteiger charge is -2.16. The molecule has 0 amide bonds. The van der Waals surface area contributed by atoms with Crippen molar-refractivity contribution < 1.29 is 8.78 Å². The Labute approximate surface area is 54.3 Å². The van der Waals surface area contributed by atoms with Crippen molar-refractivity contribution in [1.29, 1.82) is 0 Å². The fourth-order valence-corrected chi connectivity index (χ4v) is 1.15. The maximum atomic E-state index is 12.3. The van der Waals surface area contributed by atoms with Gasteiger partial charge in [-0.3, -0.25) is 0 Å². The number of rotatable bonds is 0. The minimum atomic E-state index is -2.35. The summed E-state index contributed by atoms with van der Waals surface area (Å²) in [6.45, 7) is 5.58. The average Bonchev–Trinajstić information content (AvgIpc) is 2.10. The maximum Gasteiger partial charge on any atom is 0.252 e. The molecule has 0 bridgehead atoms. The maximum absolute atomic E-state index is 12.3. The normalized spacial score (nSPS) is 32.3. The van der Waals surface area contributed by atoms with E-state index in [1.165, 1.54) is 0 Å². The van der Waals surface area contributed by atoms with E-state index in [2.05, 4.69) is 0 Å². The van der Waals surface area contributed by atoms with E-state index < -0.39 is 5.92 Å². The largest absolute Gasteiger partial charge is 0.252 e. The Bertz CT molecular complexity index is 121. The van der Waals surface area contributed by atoms with Crippen LogP contribution in [0.2, 0.25) is 0 Å². The molecule has 0 heterocycles. The highest BCUT2D eigenvalue weighted by molar-refractivity contribution is 5.01. The highest BCUT2D eigenvalue weighted by Gasteiger charge is 2.61. The molecule has 1 fully saturated rings. The molecule has 0 aromatic rings. The van der Waals surface area contributed by atoms with E-state index in [0.29, 0.717) is 0 Å². The first-order chi connectivity index (χ1) is 3.84. The van der Waals surface area contributed by atoms with Gasteiger partial charge in [-0.1, -0.05) is 20.8 Å². The van der Waals surface area contributed by atoms with Gasteiger partial charge in [0.15, 0.2) is 0 Å². The van der Waals surface area contributed by atoms with Gasteiger partial charge >= 0.3 is 0 Å². The lowest BCUT2D eigenvalue weighted by Crippen LogP contribution is -2.13. The van der Waals surface area contributed by atoms with Crippen molar-refractivity contribution in [2.75, 3.05) is 0 Å². The Morgan fingerprint density at radius 2 is 1.67 bits per heavy atom. The van der Waals surface area contributed by atoms with Crippen LogP contribution in [0.5, 0.6) is 0 Å². The van der Waals surface area contributed by atoms with Gasteiger partial charge in [0.2, 0.25) is 0 Å². The van der Waals surface area contributed by atoms with Crippen LogP contribution in [0.1, 0.15) is 27.2 Å². The molecular formula is C7H12F2. The summed E-state index contributed by atoms with van der Waals surface area (Å²) in [4.78, 5) is 0. The first-order valence-corrected chi connectivity index (χ1v) is 3.22. The molecule has 1 saturated carbocycles. The molecule has 9 heavy (non-hydrogen) atoms. The van der Waals surface area contributed by atoms with Crippen LogP contribution < -0.4 is 0 Å². The van der Waals surface area contributed by atoms with Crippen molar-refractivity contribution in [3.8, 4) is 0 Å². The van der Waals surface area contributed by atoms with Crippen LogP contribution in [0, 0.1) is 11.3 Å². The Morgan fingerprint density at radius 3 is 1.67 bits per heavy atom. The van der Waals surface area contributed by atoms with Crippen LogP contribution in [-0.2, 0) is 0 Å². The van der Waals surface area contributed by atoms with Crippen LogP contribution in [0.15, 0.2) is 0 Å². The summed E-state index contributed by atoms with van der Waals surface area (Å²) in [7, 11) is 0. The lowest BCUT2D eigenvalue weighted by molar-refractivity contribution is 0.0711. The zero-order chi connectivity index (χ0) is 7.28. The average molecular weight is 134 g/mol. The molecule has 1 aliphatic carbocycles. The topological polar surface area (TPSA) is 0 Å². The molecule has 0 saturated heterocycles. The second-order valence-corrected chi connectivity index (χ2v) is 3.88. The van der Waals surface area contributed by atoms with E-state index in [1.807, 2.05) is 20.8 Å². The van der Waals surface area contributed by atoms with Crippen LogP contribution in [-0.4, -0.2) is 5.92 Å². The van der Waals surface area contributed by atoms with Gasteiger partial charge in [0, 0.05) is 12.3 Å². The summed E-state index contributed by atoms with van der Waals surface area (Å²) in [6.07, 6.45) is 0.0938. The fraction of sp³-hybridized carbons (Fsp3) is 1.00. The molecule has 0 aromatic heterocycles. The summed E-state index contributed by atoms with van der Waals surface area (Å²) in [5.41, 5.74) is -0.205. The highest BCUT2D eigenvalue weighted by Crippen LogP contribution is 2.57. The van der Waals surface area contributed by atoms with Crippen LogP contribution in [0.3, 0.4) is 0 Å². The number of halogens is 2. The molecule has 1 rings (SSSR count). The van der Waals surface area contributed by atoms with Crippen molar-refractivity contribution in [2.24, 2.45) is 11.3 Å². The van der Waals surface area contributed by atoms with Crippen molar-refractivity contribution >= 4 is 0 Å². The summed E-state index contributed by atoms with van der Waals surface area (Å²) in [6, 6.07) is 0. The summed E-state index contributed by atoms with van der Waals surface area (Å²) in [5, 5.41) is 0. The van der Waals surface area contributed by atoms with Gasteiger partial charge in [0.25, 0.3) is 5.92 Å². The molecule has 1 unspecified atom stereocenters. The van der Waals surface area contributed by atoms with Gasteiger partial charge in [-0.25, -0.2) is 8.78 Å². The molecule has 0 aliphatic heterocycles. The van der Waals surface area contributed by atoms with Crippen LogP contribution in [0.4, 0.5) is 8.78 Å². The first kappa shape index (κ1) is 6.97. The third-order valence-corrected chi connectivity index (χ3v) is 1.87. The van der Waals surface area contributed by atoms with Crippen LogP contribution >= 0.6 is 0 Å². The lowest BCUT2D eigenvalue weighted by atomic mass is 9.90. The number of alkyl halides is 2. The molecule has 1 aliphatic rings. The minimum Gasteiger partial charge on any atom is -0.207 e. The summed E-state index contributed by atoms with van der Waals surface area (Å²) in [5.74, 6) is -2.72. The van der Waals surface area contributed by atoms with Crippen molar-refractivity contribution in [2.45, 2.75) is 33.1 Å². The smallest absolute Gasteiger partial charge is 0.207 e. The molecule has 0 radical (unpaired) electrons. The predicted molar refractivity (Wildman–Crippen MR) is 32.5 cm³/mol. The Morgan fingerprint density at radius 1 is 1.33 bits per heavy atom. The third kappa shape index (κ3) is 1.22. The SMILES string of the molecule is CC(C)(C)C1CC1(F)F. The third-order valence-electron chi connectivity index (χ3n) is 1.87. The Kier molecular flexibility index (Phi) is 1.14. The molecule has 1 atom stereocenters. The van der Waals surface area contributed by atoms with E-state index >= 15 is 0 Å². The standard InChI is InChI=1S/C7H12F2/c1-6(2,3)5-4-7(5,8)9/h5H,4H2,1-3H3. The summed E-state index contributed by atoms with van der Waals surface area (Å²) >= 11 is 0. The number of hydrogen-bond donors (Lipinski definition) is 0. The Balaban J connectivity index is 2.52. The van der Waals surface area contributed by atoms with E-state index in [1.54, 1.807) is 0 Å². The highest BCUT2D eigenvalue weighted by atomic mass is 19.3. The van der Waals surface area contributed by atoms with Gasteiger partial charge in [-0.15, -0.1) is 0 Å². The molecule has 0 N–H and O–H groups in total. The fourth-order valence-electron chi connectivity index (χ4n) is 1.15. The van der Waals surface area contributed by atoms with Crippen molar-refractivity contribution in [1.82, 2.24) is 0 Å². The molecular weight excluding hydrogens is 122 g/mol. The first-order valence-electron chi connectivity index (χ1n) is 3.22. The molecule has 0 aromatic carbocycles. The Hall–Kier alpha value is -0.140. The van der Waals surface area contributed by atoms with E-state index in [4.69, 9.17) is 0 Å². The molecule has 0 spiro atoms. The predicted octanol–water partition coefficient (Wildman–Crippen LogP) is 2.69. The second kappa shape index (κ2) is 1.47. The number of hydrogen-bond acceptors (Lipinski definition) is 0. The van der Waals surface area contributed by atoms with Crippen molar-refractivity contribution in [3.63, 3.8) is 0 Å². The zero-order valence-corrected chi connectivity index (χ0v) is 6.04. The molecule has 0 nitrogen and oxygen atoms in total. The van der Waals surface area contributed by atoms with Crippen molar-refractivity contribution in [3.05, 3.63) is 0 Å². The van der Waals surface area contributed by atoms with Gasteiger partial charge in [-0.05, 0) is 5.41 Å². The quantitative estimate of drug-likeness (QED) is 0.477. The van der Waals surface area contributed by atoms with E-state index in [0.717, 1.165) is 0 Å². The monoisotopic (exact) mass is 134 g/mol. The van der Waals surface area contributed by atoms with E-state index in [9.17, 15) is 8.78 Å². The summed E-state index contributed by atoms with van der Waals surface area (Å²) < 4.78 is 24.6. The second-order valence-electron chi connectivity index (χ2n) is 3.88. The van der Waals surface area contributed by atoms with Crippen LogP contribution in [0.25, 0.3) is 0 Å². The van der Waals surface area contributed by atoms with Gasteiger partial charge < -0.3 is 0 Å².